The second-order valence-electron chi connectivity index (χ2n) is 9.77. The fourth-order valence-electron chi connectivity index (χ4n) is 4.27. The molecule has 0 aliphatic heterocycles. The summed E-state index contributed by atoms with van der Waals surface area (Å²) in [6.07, 6.45) is 3.12. The Kier molecular flexibility index (Phi) is 9.16. The number of nitrogens with one attached hydrogen (secondary N) is 1. The lowest BCUT2D eigenvalue weighted by atomic mass is 9.83. The third kappa shape index (κ3) is 7.45. The molecule has 1 fully saturated rings. The molecule has 0 radical (unpaired) electrons. The van der Waals surface area contributed by atoms with Crippen molar-refractivity contribution in [1.82, 2.24) is 10.2 Å². The fourth-order valence-corrected chi connectivity index (χ4v) is 4.27. The Morgan fingerprint density at radius 1 is 0.850 bits per heavy atom. The summed E-state index contributed by atoms with van der Waals surface area (Å²) in [5.74, 6) is -4.30. The maximum Gasteiger partial charge on any atom is 0.251 e. The third-order valence-electron chi connectivity index (χ3n) is 6.34. The summed E-state index contributed by atoms with van der Waals surface area (Å²) in [4.78, 5) is 28.3. The highest BCUT2D eigenvalue weighted by atomic mass is 19.2. The van der Waals surface area contributed by atoms with Gasteiger partial charge in [-0.1, -0.05) is 12.1 Å². The van der Waals surface area contributed by atoms with Gasteiger partial charge < -0.3 is 15.0 Å². The average Bonchev–Trinajstić information content (AvgIpc) is 2.91. The molecule has 0 bridgehead atoms. The number of rotatable bonds is 8. The molecule has 9 heteroatoms. The van der Waals surface area contributed by atoms with Crippen LogP contribution in [-0.2, 0) is 4.79 Å². The van der Waals surface area contributed by atoms with E-state index in [1.54, 1.807) is 24.3 Å². The van der Waals surface area contributed by atoms with E-state index < -0.39 is 29.3 Å². The standard InChI is InChI=1S/C31H28F4N2O3/c1-37(2)11-12-40-25-7-5-21(6-8-25)31(39)36-24-17-22(13-19-3-9-26(32)28(34)15-19)30(38)23(18-24)14-20-4-10-27(33)29(35)16-20/h3-10,13-16,24H,11-12,17-18H2,1-2H3,(H,36,39)/b22-13+,23-14+. The molecular formula is C31H28F4N2O3. The molecule has 1 aliphatic rings. The van der Waals surface area contributed by atoms with Crippen molar-refractivity contribution in [3.8, 4) is 5.75 Å². The zero-order valence-electron chi connectivity index (χ0n) is 22.0. The second kappa shape index (κ2) is 12.7. The lowest BCUT2D eigenvalue weighted by Crippen LogP contribution is -2.39. The van der Waals surface area contributed by atoms with Crippen molar-refractivity contribution in [2.45, 2.75) is 18.9 Å². The van der Waals surface area contributed by atoms with Gasteiger partial charge in [0.25, 0.3) is 5.91 Å². The summed E-state index contributed by atoms with van der Waals surface area (Å²) in [6.45, 7) is 1.23. The maximum atomic E-state index is 13.8. The molecule has 1 aliphatic carbocycles. The smallest absolute Gasteiger partial charge is 0.251 e. The largest absolute Gasteiger partial charge is 0.492 e. The van der Waals surface area contributed by atoms with Gasteiger partial charge in [0.1, 0.15) is 12.4 Å². The molecule has 0 heterocycles. The minimum Gasteiger partial charge on any atom is -0.492 e. The van der Waals surface area contributed by atoms with Gasteiger partial charge in [0.15, 0.2) is 29.1 Å². The highest BCUT2D eigenvalue weighted by Gasteiger charge is 2.29. The molecule has 0 unspecified atom stereocenters. The van der Waals surface area contributed by atoms with Crippen molar-refractivity contribution in [1.29, 1.82) is 0 Å². The molecule has 3 aromatic carbocycles. The average molecular weight is 553 g/mol. The summed E-state index contributed by atoms with van der Waals surface area (Å²) in [7, 11) is 3.87. The Morgan fingerprint density at radius 2 is 1.38 bits per heavy atom. The van der Waals surface area contributed by atoms with Crippen LogP contribution in [-0.4, -0.2) is 49.9 Å². The number of likely N-dealkylation sites (N-methyl/N-ethyl adjacent to an activating group) is 1. The minimum absolute atomic E-state index is 0.129. The number of Topliss-reactive ketones (excluding diaryl/α,β-unsaturated/α-hetero) is 1. The van der Waals surface area contributed by atoms with Gasteiger partial charge in [-0.05, 0) is 98.7 Å². The van der Waals surface area contributed by atoms with Gasteiger partial charge in [-0.15, -0.1) is 0 Å². The summed E-state index contributed by atoms with van der Waals surface area (Å²) < 4.78 is 60.1. The molecule has 4 rings (SSSR count). The van der Waals surface area contributed by atoms with Gasteiger partial charge in [0.2, 0.25) is 0 Å². The molecule has 1 saturated carbocycles. The fraction of sp³-hybridized carbons (Fsp3) is 0.226. The maximum absolute atomic E-state index is 13.8. The number of ketones is 1. The van der Waals surface area contributed by atoms with E-state index in [4.69, 9.17) is 4.74 Å². The Balaban J connectivity index is 1.57. The lowest BCUT2D eigenvalue weighted by Gasteiger charge is -2.27. The van der Waals surface area contributed by atoms with E-state index >= 15 is 0 Å². The van der Waals surface area contributed by atoms with Crippen LogP contribution in [0.3, 0.4) is 0 Å². The van der Waals surface area contributed by atoms with Crippen LogP contribution in [0.1, 0.15) is 34.3 Å². The first-order chi connectivity index (χ1) is 19.1. The molecule has 5 nitrogen and oxygen atoms in total. The van der Waals surface area contributed by atoms with Crippen molar-refractivity contribution in [2.24, 2.45) is 0 Å². The van der Waals surface area contributed by atoms with Crippen molar-refractivity contribution < 1.29 is 31.9 Å². The quantitative estimate of drug-likeness (QED) is 0.283. The van der Waals surface area contributed by atoms with E-state index in [0.717, 1.165) is 30.8 Å². The van der Waals surface area contributed by atoms with Crippen LogP contribution < -0.4 is 10.1 Å². The van der Waals surface area contributed by atoms with Crippen LogP contribution in [0.25, 0.3) is 12.2 Å². The van der Waals surface area contributed by atoms with Crippen LogP contribution in [0, 0.1) is 23.3 Å². The Morgan fingerprint density at radius 3 is 1.85 bits per heavy atom. The Hall–Kier alpha value is -4.24. The highest BCUT2D eigenvalue weighted by molar-refractivity contribution is 6.14. The van der Waals surface area contributed by atoms with Gasteiger partial charge in [-0.3, -0.25) is 9.59 Å². The van der Waals surface area contributed by atoms with Gasteiger partial charge in [-0.2, -0.15) is 0 Å². The number of benzene rings is 3. The zero-order valence-corrected chi connectivity index (χ0v) is 22.0. The molecule has 208 valence electrons. The first-order valence-electron chi connectivity index (χ1n) is 12.6. The number of hydrogen-bond donors (Lipinski definition) is 1. The molecular weight excluding hydrogens is 524 g/mol. The Labute approximate surface area is 229 Å². The molecule has 0 spiro atoms. The highest BCUT2D eigenvalue weighted by Crippen LogP contribution is 2.29. The van der Waals surface area contributed by atoms with E-state index in [-0.39, 0.29) is 46.8 Å². The first-order valence-corrected chi connectivity index (χ1v) is 12.6. The number of carbonyl (C=O) groups is 2. The molecule has 3 aromatic rings. The first kappa shape index (κ1) is 28.8. The molecule has 0 saturated heterocycles. The predicted octanol–water partition coefficient (Wildman–Crippen LogP) is 5.81. The molecule has 1 amide bonds. The number of amides is 1. The van der Waals surface area contributed by atoms with Crippen LogP contribution in [0.5, 0.6) is 5.75 Å². The SMILES string of the molecule is CN(C)CCOc1ccc(C(=O)NC2C/C(=C\c3ccc(F)c(F)c3)C(=O)/C(=C/c3ccc(F)c(F)c3)C2)cc1. The van der Waals surface area contributed by atoms with E-state index in [1.807, 2.05) is 19.0 Å². The van der Waals surface area contributed by atoms with Gasteiger partial charge >= 0.3 is 0 Å². The summed E-state index contributed by atoms with van der Waals surface area (Å²) >= 11 is 0. The van der Waals surface area contributed by atoms with Crippen molar-refractivity contribution in [3.63, 3.8) is 0 Å². The van der Waals surface area contributed by atoms with Gasteiger partial charge in [0, 0.05) is 29.3 Å². The van der Waals surface area contributed by atoms with Crippen LogP contribution in [0.15, 0.2) is 71.8 Å². The normalized spacial score (nSPS) is 17.5. The number of nitrogens with zero attached hydrogens (tertiary/aromatic N) is 1. The molecule has 40 heavy (non-hydrogen) atoms. The summed E-state index contributed by atoms with van der Waals surface area (Å²) in [5, 5.41) is 2.92. The molecule has 1 N–H and O–H groups in total. The van der Waals surface area contributed by atoms with Crippen LogP contribution in [0.4, 0.5) is 17.6 Å². The Bertz CT molecular complexity index is 1390. The third-order valence-corrected chi connectivity index (χ3v) is 6.34. The van der Waals surface area contributed by atoms with Crippen LogP contribution >= 0.6 is 0 Å². The van der Waals surface area contributed by atoms with E-state index in [2.05, 4.69) is 5.32 Å². The number of halogens is 4. The van der Waals surface area contributed by atoms with E-state index in [0.29, 0.717) is 17.9 Å². The lowest BCUT2D eigenvalue weighted by molar-refractivity contribution is -0.113. The van der Waals surface area contributed by atoms with E-state index in [1.165, 1.54) is 24.3 Å². The number of hydrogen-bond acceptors (Lipinski definition) is 4. The number of carbonyl (C=O) groups excluding carboxylic acids is 2. The summed E-state index contributed by atoms with van der Waals surface area (Å²) in [6, 6.07) is 12.6. The summed E-state index contributed by atoms with van der Waals surface area (Å²) in [5.41, 5.74) is 1.42. The van der Waals surface area contributed by atoms with Gasteiger partial charge in [-0.25, -0.2) is 17.6 Å². The van der Waals surface area contributed by atoms with E-state index in [9.17, 15) is 27.2 Å². The van der Waals surface area contributed by atoms with Crippen molar-refractivity contribution in [3.05, 3.63) is 112 Å². The molecule has 0 atom stereocenters. The minimum atomic E-state index is -1.06. The zero-order chi connectivity index (χ0) is 28.8. The number of ether oxygens (including phenoxy) is 1. The topological polar surface area (TPSA) is 58.6 Å². The molecule has 0 aromatic heterocycles. The predicted molar refractivity (Wildman–Crippen MR) is 145 cm³/mol. The van der Waals surface area contributed by atoms with Crippen LogP contribution in [0.2, 0.25) is 0 Å². The second-order valence-corrected chi connectivity index (χ2v) is 9.77. The van der Waals surface area contributed by atoms with Crippen molar-refractivity contribution in [2.75, 3.05) is 27.2 Å². The van der Waals surface area contributed by atoms with Gasteiger partial charge in [0.05, 0.1) is 0 Å². The van der Waals surface area contributed by atoms with Crippen molar-refractivity contribution >= 4 is 23.8 Å². The monoisotopic (exact) mass is 552 g/mol.